The van der Waals surface area contributed by atoms with Gasteiger partial charge in [0.2, 0.25) is 0 Å². The Kier molecular flexibility index (Phi) is 3.13. The molecule has 17 heavy (non-hydrogen) atoms. The van der Waals surface area contributed by atoms with Gasteiger partial charge in [0.25, 0.3) is 5.89 Å². The lowest BCUT2D eigenvalue weighted by molar-refractivity contribution is 0.417. The van der Waals surface area contributed by atoms with Gasteiger partial charge in [-0.15, -0.1) is 0 Å². The summed E-state index contributed by atoms with van der Waals surface area (Å²) in [5.74, 6) is 1.89. The molecule has 0 spiro atoms. The Balaban J connectivity index is 2.27. The second-order valence-corrected chi connectivity index (χ2v) is 4.61. The maximum absolute atomic E-state index is 9.62. The molecule has 4 nitrogen and oxygen atoms in total. The molecule has 0 saturated heterocycles. The zero-order valence-electron chi connectivity index (χ0n) is 10.3. The van der Waals surface area contributed by atoms with Crippen LogP contribution in [-0.2, 0) is 6.42 Å². The standard InChI is InChI=1S/C13H16N2O2/c1-8(2)6-12-14-13(17-15-12)10-5-4-9(3)11(16)7-10/h4-5,7-8,16H,6H2,1-3H3. The molecule has 0 radical (unpaired) electrons. The lowest BCUT2D eigenvalue weighted by atomic mass is 10.1. The average Bonchev–Trinajstić information content (AvgIpc) is 2.69. The van der Waals surface area contributed by atoms with E-state index >= 15 is 0 Å². The summed E-state index contributed by atoms with van der Waals surface area (Å²) in [5.41, 5.74) is 1.58. The van der Waals surface area contributed by atoms with E-state index in [1.165, 1.54) is 0 Å². The highest BCUT2D eigenvalue weighted by Gasteiger charge is 2.11. The Morgan fingerprint density at radius 3 is 2.76 bits per heavy atom. The van der Waals surface area contributed by atoms with Gasteiger partial charge < -0.3 is 9.63 Å². The van der Waals surface area contributed by atoms with E-state index in [9.17, 15) is 5.11 Å². The van der Waals surface area contributed by atoms with Crippen LogP contribution in [-0.4, -0.2) is 15.2 Å². The first-order valence-corrected chi connectivity index (χ1v) is 5.69. The summed E-state index contributed by atoms with van der Waals surface area (Å²) >= 11 is 0. The SMILES string of the molecule is Cc1ccc(-c2nc(CC(C)C)no2)cc1O. The molecule has 0 unspecified atom stereocenters. The largest absolute Gasteiger partial charge is 0.508 e. The molecule has 0 saturated carbocycles. The predicted octanol–water partition coefficient (Wildman–Crippen LogP) is 2.95. The quantitative estimate of drug-likeness (QED) is 0.883. The van der Waals surface area contributed by atoms with Crippen LogP contribution in [0.5, 0.6) is 5.75 Å². The lowest BCUT2D eigenvalue weighted by Gasteiger charge is -1.99. The fourth-order valence-corrected chi connectivity index (χ4v) is 1.56. The maximum atomic E-state index is 9.62. The van der Waals surface area contributed by atoms with Gasteiger partial charge in [0.1, 0.15) is 5.75 Å². The van der Waals surface area contributed by atoms with Gasteiger partial charge in [-0.2, -0.15) is 4.98 Å². The van der Waals surface area contributed by atoms with Crippen LogP contribution >= 0.6 is 0 Å². The van der Waals surface area contributed by atoms with E-state index in [0.717, 1.165) is 17.5 Å². The molecule has 2 rings (SSSR count). The third kappa shape index (κ3) is 2.64. The van der Waals surface area contributed by atoms with Crippen molar-refractivity contribution in [2.45, 2.75) is 27.2 Å². The third-order valence-electron chi connectivity index (χ3n) is 2.51. The Hall–Kier alpha value is -1.84. The fourth-order valence-electron chi connectivity index (χ4n) is 1.56. The second kappa shape index (κ2) is 4.57. The normalized spacial score (nSPS) is 11.1. The molecule has 1 heterocycles. The van der Waals surface area contributed by atoms with E-state index in [-0.39, 0.29) is 5.75 Å². The Labute approximate surface area is 100 Å². The van der Waals surface area contributed by atoms with Crippen LogP contribution in [0.1, 0.15) is 25.2 Å². The van der Waals surface area contributed by atoms with Crippen LogP contribution < -0.4 is 0 Å². The summed E-state index contributed by atoms with van der Waals surface area (Å²) in [7, 11) is 0. The molecule has 4 heteroatoms. The van der Waals surface area contributed by atoms with Gasteiger partial charge in [0, 0.05) is 12.0 Å². The smallest absolute Gasteiger partial charge is 0.258 e. The van der Waals surface area contributed by atoms with Crippen molar-refractivity contribution in [3.8, 4) is 17.2 Å². The van der Waals surface area contributed by atoms with E-state index in [1.54, 1.807) is 6.07 Å². The van der Waals surface area contributed by atoms with Gasteiger partial charge in [0.05, 0.1) is 0 Å². The Morgan fingerprint density at radius 1 is 1.35 bits per heavy atom. The monoisotopic (exact) mass is 232 g/mol. The summed E-state index contributed by atoms with van der Waals surface area (Å²) in [4.78, 5) is 4.30. The molecule has 0 aliphatic rings. The van der Waals surface area contributed by atoms with E-state index < -0.39 is 0 Å². The Bertz CT molecular complexity index is 518. The topological polar surface area (TPSA) is 59.2 Å². The van der Waals surface area contributed by atoms with E-state index in [2.05, 4.69) is 24.0 Å². The second-order valence-electron chi connectivity index (χ2n) is 4.61. The summed E-state index contributed by atoms with van der Waals surface area (Å²) in [6, 6.07) is 5.33. The minimum Gasteiger partial charge on any atom is -0.508 e. The molecule has 0 bridgehead atoms. The molecular formula is C13H16N2O2. The van der Waals surface area contributed by atoms with E-state index in [0.29, 0.717) is 17.6 Å². The fraction of sp³-hybridized carbons (Fsp3) is 0.385. The Morgan fingerprint density at radius 2 is 2.12 bits per heavy atom. The molecule has 0 aliphatic heterocycles. The number of aromatic nitrogens is 2. The summed E-state index contributed by atoms with van der Waals surface area (Å²) in [6.07, 6.45) is 0.793. The number of aryl methyl sites for hydroxylation is 1. The van der Waals surface area contributed by atoms with Crippen molar-refractivity contribution < 1.29 is 9.63 Å². The van der Waals surface area contributed by atoms with Crippen LogP contribution in [0.3, 0.4) is 0 Å². The molecule has 0 fully saturated rings. The molecule has 0 atom stereocenters. The molecule has 1 N–H and O–H groups in total. The van der Waals surface area contributed by atoms with Crippen molar-refractivity contribution in [3.63, 3.8) is 0 Å². The first-order chi connectivity index (χ1) is 8.06. The number of hydrogen-bond acceptors (Lipinski definition) is 4. The van der Waals surface area contributed by atoms with Gasteiger partial charge in [-0.3, -0.25) is 0 Å². The predicted molar refractivity (Wildman–Crippen MR) is 64.7 cm³/mol. The van der Waals surface area contributed by atoms with E-state index in [1.807, 2.05) is 19.1 Å². The zero-order chi connectivity index (χ0) is 12.4. The van der Waals surface area contributed by atoms with Crippen molar-refractivity contribution in [1.82, 2.24) is 10.1 Å². The first kappa shape index (κ1) is 11.6. The zero-order valence-corrected chi connectivity index (χ0v) is 10.3. The van der Waals surface area contributed by atoms with Gasteiger partial charge >= 0.3 is 0 Å². The van der Waals surface area contributed by atoms with Crippen molar-refractivity contribution in [3.05, 3.63) is 29.6 Å². The molecule has 1 aromatic heterocycles. The third-order valence-corrected chi connectivity index (χ3v) is 2.51. The van der Waals surface area contributed by atoms with Crippen LogP contribution in [0.15, 0.2) is 22.7 Å². The van der Waals surface area contributed by atoms with Gasteiger partial charge in [-0.25, -0.2) is 0 Å². The summed E-state index contributed by atoms with van der Waals surface area (Å²) in [6.45, 7) is 6.05. The van der Waals surface area contributed by atoms with Crippen molar-refractivity contribution in [1.29, 1.82) is 0 Å². The number of phenols is 1. The number of aromatic hydroxyl groups is 1. The molecular weight excluding hydrogens is 216 g/mol. The van der Waals surface area contributed by atoms with Crippen molar-refractivity contribution >= 4 is 0 Å². The first-order valence-electron chi connectivity index (χ1n) is 5.69. The molecule has 0 aliphatic carbocycles. The minimum absolute atomic E-state index is 0.242. The van der Waals surface area contributed by atoms with Crippen LogP contribution in [0.25, 0.3) is 11.5 Å². The minimum atomic E-state index is 0.242. The molecule has 1 aromatic carbocycles. The van der Waals surface area contributed by atoms with Gasteiger partial charge in [-0.05, 0) is 30.5 Å². The lowest BCUT2D eigenvalue weighted by Crippen LogP contribution is -1.95. The highest BCUT2D eigenvalue weighted by molar-refractivity contribution is 5.57. The van der Waals surface area contributed by atoms with Crippen molar-refractivity contribution in [2.75, 3.05) is 0 Å². The number of benzene rings is 1. The maximum Gasteiger partial charge on any atom is 0.258 e. The average molecular weight is 232 g/mol. The highest BCUT2D eigenvalue weighted by atomic mass is 16.5. The van der Waals surface area contributed by atoms with Crippen LogP contribution in [0.2, 0.25) is 0 Å². The highest BCUT2D eigenvalue weighted by Crippen LogP contribution is 2.24. The molecule has 2 aromatic rings. The molecule has 90 valence electrons. The van der Waals surface area contributed by atoms with Gasteiger partial charge in [0.15, 0.2) is 5.82 Å². The van der Waals surface area contributed by atoms with Crippen molar-refractivity contribution in [2.24, 2.45) is 5.92 Å². The summed E-state index contributed by atoms with van der Waals surface area (Å²) in [5, 5.41) is 13.5. The van der Waals surface area contributed by atoms with Gasteiger partial charge in [-0.1, -0.05) is 25.1 Å². The van der Waals surface area contributed by atoms with Crippen LogP contribution in [0, 0.1) is 12.8 Å². The number of hydrogen-bond donors (Lipinski definition) is 1. The molecule has 0 amide bonds. The number of nitrogens with zero attached hydrogens (tertiary/aromatic N) is 2. The van der Waals surface area contributed by atoms with E-state index in [4.69, 9.17) is 4.52 Å². The van der Waals surface area contributed by atoms with Crippen LogP contribution in [0.4, 0.5) is 0 Å². The summed E-state index contributed by atoms with van der Waals surface area (Å²) < 4.78 is 5.17. The number of rotatable bonds is 3. The number of phenolic OH excluding ortho intramolecular Hbond substituents is 1.